The van der Waals surface area contributed by atoms with Crippen LogP contribution in [0, 0.1) is 0 Å². The summed E-state index contributed by atoms with van der Waals surface area (Å²) in [5.74, 6) is -0.320. The normalized spacial score (nSPS) is 22.1. The van der Waals surface area contributed by atoms with Gasteiger partial charge >= 0.3 is 6.09 Å². The minimum absolute atomic E-state index is 0.0365. The molecule has 2 amide bonds. The molecule has 0 unspecified atom stereocenters. The molecule has 0 aromatic heterocycles. The number of ether oxygens (including phenoxy) is 6. The summed E-state index contributed by atoms with van der Waals surface area (Å²) >= 11 is 0. The summed E-state index contributed by atoms with van der Waals surface area (Å²) in [6.07, 6.45) is -2.81. The predicted molar refractivity (Wildman–Crippen MR) is 211 cm³/mol. The molecule has 2 aliphatic heterocycles. The van der Waals surface area contributed by atoms with E-state index in [0.29, 0.717) is 32.8 Å². The zero-order chi connectivity index (χ0) is 38.4. The van der Waals surface area contributed by atoms with Gasteiger partial charge in [0.05, 0.1) is 45.2 Å². The van der Waals surface area contributed by atoms with Crippen LogP contribution in [0.15, 0.2) is 152 Å². The Bertz CT molecular complexity index is 1920. The van der Waals surface area contributed by atoms with Crippen molar-refractivity contribution < 1.29 is 38.0 Å². The van der Waals surface area contributed by atoms with Crippen LogP contribution >= 0.6 is 0 Å². The van der Waals surface area contributed by atoms with Crippen LogP contribution in [0.4, 0.5) is 4.79 Å². The lowest BCUT2D eigenvalue weighted by atomic mass is 9.91. The molecule has 290 valence electrons. The molecule has 5 aromatic rings. The zero-order valence-electron chi connectivity index (χ0n) is 31.5. The molecule has 5 aromatic carbocycles. The summed E-state index contributed by atoms with van der Waals surface area (Å²) in [6, 6.07) is 49.3. The molecule has 0 radical (unpaired) electrons. The fraction of sp³-hybridized carbons (Fsp3) is 0.319. The van der Waals surface area contributed by atoms with Crippen LogP contribution in [0.2, 0.25) is 0 Å². The van der Waals surface area contributed by atoms with E-state index in [1.807, 2.05) is 152 Å². The fourth-order valence-electron chi connectivity index (χ4n) is 7.31. The second-order valence-electron chi connectivity index (χ2n) is 14.2. The standard InChI is InChI=1S/C47H49NO8/c49-43(48-40(33-55-47(48)50)28-35-16-6-1-7-17-35)27-26-41-44(52-30-37-20-10-3-11-21-37)46(54-32-39-24-14-5-15-25-39)45(53-31-38-22-12-4-13-23-38)42(56-41)34-51-29-36-18-8-2-9-19-36/h1-25,40-42,44-46H,26-34H2/t40-,41+,42-,44+,45+,46-/m1/s1. The number of rotatable bonds is 18. The third-order valence-electron chi connectivity index (χ3n) is 10.2. The second-order valence-corrected chi connectivity index (χ2v) is 14.2. The number of nitrogens with zero attached hydrogens (tertiary/aromatic N) is 1. The van der Waals surface area contributed by atoms with Gasteiger partial charge in [-0.15, -0.1) is 0 Å². The summed E-state index contributed by atoms with van der Waals surface area (Å²) in [4.78, 5) is 28.2. The Balaban J connectivity index is 1.16. The minimum atomic E-state index is -0.636. The number of hydrogen-bond acceptors (Lipinski definition) is 8. The van der Waals surface area contributed by atoms with Crippen molar-refractivity contribution in [1.29, 1.82) is 0 Å². The number of imide groups is 1. The van der Waals surface area contributed by atoms with Crippen LogP contribution in [-0.4, -0.2) is 66.7 Å². The third kappa shape index (κ3) is 10.8. The molecule has 0 saturated carbocycles. The second kappa shape index (κ2) is 20.1. The van der Waals surface area contributed by atoms with Gasteiger partial charge in [0.15, 0.2) is 0 Å². The summed E-state index contributed by atoms with van der Waals surface area (Å²) < 4.78 is 39.0. The van der Waals surface area contributed by atoms with Gasteiger partial charge in [-0.1, -0.05) is 152 Å². The maximum atomic E-state index is 14.0. The molecular weight excluding hydrogens is 707 g/mol. The highest BCUT2D eigenvalue weighted by Gasteiger charge is 2.49. The van der Waals surface area contributed by atoms with Crippen molar-refractivity contribution in [3.05, 3.63) is 179 Å². The molecule has 0 bridgehead atoms. The molecule has 2 saturated heterocycles. The van der Waals surface area contributed by atoms with Gasteiger partial charge in [0.2, 0.25) is 5.91 Å². The van der Waals surface area contributed by atoms with Gasteiger partial charge < -0.3 is 28.4 Å². The van der Waals surface area contributed by atoms with Crippen molar-refractivity contribution in [2.75, 3.05) is 13.2 Å². The SMILES string of the molecule is O=C(CC[C@@H]1O[C@H](COCc2ccccc2)[C@H](OCc2ccccc2)[C@H](OCc2ccccc2)[C@H]1OCc1ccccc1)N1C(=O)OC[C@H]1Cc1ccccc1. The fourth-order valence-corrected chi connectivity index (χ4v) is 7.31. The molecule has 2 heterocycles. The van der Waals surface area contributed by atoms with Crippen LogP contribution in [0.25, 0.3) is 0 Å². The lowest BCUT2D eigenvalue weighted by Gasteiger charge is -2.46. The van der Waals surface area contributed by atoms with Gasteiger partial charge in [0, 0.05) is 6.42 Å². The first-order chi connectivity index (χ1) is 27.6. The minimum Gasteiger partial charge on any atom is -0.447 e. The maximum absolute atomic E-state index is 14.0. The number of hydrogen-bond donors (Lipinski definition) is 0. The van der Waals surface area contributed by atoms with Crippen molar-refractivity contribution >= 4 is 12.0 Å². The number of benzene rings is 5. The average Bonchev–Trinajstić information content (AvgIpc) is 3.61. The Morgan fingerprint density at radius 2 is 0.982 bits per heavy atom. The van der Waals surface area contributed by atoms with E-state index in [-0.39, 0.29) is 32.0 Å². The average molecular weight is 756 g/mol. The third-order valence-corrected chi connectivity index (χ3v) is 10.2. The van der Waals surface area contributed by atoms with Crippen molar-refractivity contribution in [3.63, 3.8) is 0 Å². The molecule has 0 N–H and O–H groups in total. The molecule has 0 aliphatic carbocycles. The number of amides is 2. The summed E-state index contributed by atoms with van der Waals surface area (Å²) in [5, 5.41) is 0. The van der Waals surface area contributed by atoms with Crippen LogP contribution in [0.1, 0.15) is 40.7 Å². The van der Waals surface area contributed by atoms with Crippen molar-refractivity contribution in [3.8, 4) is 0 Å². The molecule has 9 heteroatoms. The first-order valence-electron chi connectivity index (χ1n) is 19.4. The highest BCUT2D eigenvalue weighted by atomic mass is 16.6. The lowest BCUT2D eigenvalue weighted by molar-refractivity contribution is -0.273. The van der Waals surface area contributed by atoms with Crippen LogP contribution in [0.3, 0.4) is 0 Å². The van der Waals surface area contributed by atoms with E-state index in [0.717, 1.165) is 27.8 Å². The van der Waals surface area contributed by atoms with Crippen LogP contribution in [-0.2, 0) is 66.1 Å². The Kier molecular flexibility index (Phi) is 14.1. The smallest absolute Gasteiger partial charge is 0.416 e. The molecular formula is C47H49NO8. The predicted octanol–water partition coefficient (Wildman–Crippen LogP) is 8.10. The molecule has 6 atom stereocenters. The van der Waals surface area contributed by atoms with Gasteiger partial charge in [0.25, 0.3) is 0 Å². The molecule has 2 aliphatic rings. The van der Waals surface area contributed by atoms with E-state index < -0.39 is 42.7 Å². The Hall–Kier alpha value is -5.16. The topological polar surface area (TPSA) is 92.8 Å². The summed E-state index contributed by atoms with van der Waals surface area (Å²) in [5.41, 5.74) is 5.06. The van der Waals surface area contributed by atoms with Crippen molar-refractivity contribution in [2.45, 2.75) is 82.3 Å². The summed E-state index contributed by atoms with van der Waals surface area (Å²) in [7, 11) is 0. The largest absolute Gasteiger partial charge is 0.447 e. The number of cyclic esters (lactones) is 1. The zero-order valence-corrected chi connectivity index (χ0v) is 31.5. The Morgan fingerprint density at radius 1 is 0.554 bits per heavy atom. The van der Waals surface area contributed by atoms with Crippen LogP contribution in [0.5, 0.6) is 0 Å². The van der Waals surface area contributed by atoms with Crippen LogP contribution < -0.4 is 0 Å². The molecule has 2 fully saturated rings. The molecule has 0 spiro atoms. The molecule has 9 nitrogen and oxygen atoms in total. The van der Waals surface area contributed by atoms with Gasteiger partial charge in [-0.05, 0) is 40.7 Å². The Morgan fingerprint density at radius 3 is 1.48 bits per heavy atom. The number of carbonyl (C=O) groups is 2. The van der Waals surface area contributed by atoms with E-state index in [9.17, 15) is 9.59 Å². The van der Waals surface area contributed by atoms with Gasteiger partial charge in [-0.25, -0.2) is 9.69 Å². The lowest BCUT2D eigenvalue weighted by Crippen LogP contribution is -2.61. The molecule has 56 heavy (non-hydrogen) atoms. The van der Waals surface area contributed by atoms with Gasteiger partial charge in [0.1, 0.15) is 31.0 Å². The van der Waals surface area contributed by atoms with Crippen molar-refractivity contribution in [2.24, 2.45) is 0 Å². The van der Waals surface area contributed by atoms with E-state index in [2.05, 4.69) is 0 Å². The van der Waals surface area contributed by atoms with E-state index in [1.165, 1.54) is 4.90 Å². The Labute approximate surface area is 329 Å². The van der Waals surface area contributed by atoms with Crippen molar-refractivity contribution in [1.82, 2.24) is 4.90 Å². The first kappa shape index (κ1) is 39.1. The highest BCUT2D eigenvalue weighted by molar-refractivity contribution is 5.93. The van der Waals surface area contributed by atoms with E-state index in [4.69, 9.17) is 28.4 Å². The number of carbonyl (C=O) groups excluding carboxylic acids is 2. The summed E-state index contributed by atoms with van der Waals surface area (Å²) in [6.45, 7) is 1.68. The maximum Gasteiger partial charge on any atom is 0.416 e. The first-order valence-corrected chi connectivity index (χ1v) is 19.4. The van der Waals surface area contributed by atoms with Gasteiger partial charge in [-0.3, -0.25) is 4.79 Å². The molecule has 7 rings (SSSR count). The quantitative estimate of drug-likeness (QED) is 0.0887. The van der Waals surface area contributed by atoms with Gasteiger partial charge in [-0.2, -0.15) is 0 Å². The highest BCUT2D eigenvalue weighted by Crippen LogP contribution is 2.33. The monoisotopic (exact) mass is 755 g/mol. The van der Waals surface area contributed by atoms with E-state index >= 15 is 0 Å². The van der Waals surface area contributed by atoms with E-state index in [1.54, 1.807) is 0 Å².